The molecule has 0 saturated heterocycles. The summed E-state index contributed by atoms with van der Waals surface area (Å²) in [7, 11) is 1.78. The van der Waals surface area contributed by atoms with Crippen molar-refractivity contribution in [3.8, 4) is 22.5 Å². The summed E-state index contributed by atoms with van der Waals surface area (Å²) in [5.74, 6) is 0.395. The molecule has 1 aliphatic carbocycles. The number of benzene rings is 3. The normalized spacial score (nSPS) is 11.8. The largest absolute Gasteiger partial charge is 0.462 e. The van der Waals surface area contributed by atoms with Crippen molar-refractivity contribution in [2.75, 3.05) is 25.5 Å². The molecule has 2 aliphatic rings. The van der Waals surface area contributed by atoms with E-state index < -0.39 is 0 Å². The maximum atomic E-state index is 12.8. The number of nitrogens with one attached hydrogen (secondary N) is 1. The van der Waals surface area contributed by atoms with Crippen molar-refractivity contribution >= 4 is 22.6 Å². The fraction of sp³-hybridized carbons (Fsp3) is 0.259. The molecular weight excluding hydrogens is 400 g/mol. The SMILES string of the molecule is CCNc1cc2oc3cc(=NC)c(C)cc-3c(-c3ccccc3C(=O)OCC)c2cc1C. The topological polar surface area (TPSA) is 63.8 Å². The number of nitrogens with zero attached hydrogens (tertiary/aromatic N) is 1. The number of hydrogen-bond donors (Lipinski definition) is 1. The van der Waals surface area contributed by atoms with Crippen LogP contribution >= 0.6 is 0 Å². The van der Waals surface area contributed by atoms with Crippen LogP contribution in [0.15, 0.2) is 57.9 Å². The number of aryl methyl sites for hydroxylation is 2. The lowest BCUT2D eigenvalue weighted by Crippen LogP contribution is -2.10. The highest BCUT2D eigenvalue weighted by Gasteiger charge is 2.23. The molecule has 164 valence electrons. The molecule has 5 heteroatoms. The van der Waals surface area contributed by atoms with Gasteiger partial charge in [-0.05, 0) is 62.6 Å². The quantitative estimate of drug-likeness (QED) is 0.315. The average molecular weight is 429 g/mol. The van der Waals surface area contributed by atoms with Gasteiger partial charge in [0.05, 0.1) is 17.5 Å². The van der Waals surface area contributed by atoms with Crippen molar-refractivity contribution in [3.63, 3.8) is 0 Å². The third-order valence-corrected chi connectivity index (χ3v) is 5.68. The monoisotopic (exact) mass is 428 g/mol. The van der Waals surface area contributed by atoms with Crippen molar-refractivity contribution in [1.29, 1.82) is 0 Å². The minimum absolute atomic E-state index is 0.324. The zero-order chi connectivity index (χ0) is 22.8. The average Bonchev–Trinajstić information content (AvgIpc) is 2.78. The molecular formula is C27H28N2O3. The first-order chi connectivity index (χ1) is 15.5. The Kier molecular flexibility index (Phi) is 5.99. The first kappa shape index (κ1) is 21.6. The van der Waals surface area contributed by atoms with Crippen LogP contribution in [0.4, 0.5) is 5.69 Å². The van der Waals surface area contributed by atoms with Gasteiger partial charge in [0, 0.05) is 47.9 Å². The van der Waals surface area contributed by atoms with Crippen molar-refractivity contribution in [1.82, 2.24) is 0 Å². The van der Waals surface area contributed by atoms with Crippen molar-refractivity contribution in [2.45, 2.75) is 27.7 Å². The van der Waals surface area contributed by atoms with Crippen LogP contribution in [-0.4, -0.2) is 26.2 Å². The second-order valence-electron chi connectivity index (χ2n) is 7.80. The second-order valence-corrected chi connectivity index (χ2v) is 7.80. The molecule has 0 unspecified atom stereocenters. The molecule has 0 bridgehead atoms. The number of carbonyl (C=O) groups is 1. The zero-order valence-electron chi connectivity index (χ0n) is 19.2. The van der Waals surface area contributed by atoms with E-state index in [-0.39, 0.29) is 5.97 Å². The highest BCUT2D eigenvalue weighted by atomic mass is 16.5. The molecule has 0 radical (unpaired) electrons. The van der Waals surface area contributed by atoms with Gasteiger partial charge in [-0.2, -0.15) is 0 Å². The van der Waals surface area contributed by atoms with Crippen molar-refractivity contribution < 1.29 is 13.9 Å². The minimum Gasteiger partial charge on any atom is -0.462 e. The molecule has 32 heavy (non-hydrogen) atoms. The van der Waals surface area contributed by atoms with Crippen LogP contribution in [-0.2, 0) is 4.74 Å². The van der Waals surface area contributed by atoms with Crippen LogP contribution in [0.1, 0.15) is 35.3 Å². The van der Waals surface area contributed by atoms with E-state index in [4.69, 9.17) is 9.15 Å². The second kappa shape index (κ2) is 8.87. The molecule has 4 rings (SSSR count). The van der Waals surface area contributed by atoms with Gasteiger partial charge >= 0.3 is 5.97 Å². The highest BCUT2D eigenvalue weighted by molar-refractivity contribution is 6.08. The Bertz CT molecular complexity index is 1350. The van der Waals surface area contributed by atoms with Gasteiger partial charge in [0.2, 0.25) is 0 Å². The fourth-order valence-electron chi connectivity index (χ4n) is 4.19. The van der Waals surface area contributed by atoms with E-state index in [1.165, 1.54) is 0 Å². The molecule has 1 N–H and O–H groups in total. The Morgan fingerprint density at radius 3 is 2.53 bits per heavy atom. The predicted octanol–water partition coefficient (Wildman–Crippen LogP) is 5.96. The Morgan fingerprint density at radius 2 is 1.81 bits per heavy atom. The summed E-state index contributed by atoms with van der Waals surface area (Å²) in [6, 6.07) is 15.8. The van der Waals surface area contributed by atoms with Gasteiger partial charge < -0.3 is 14.5 Å². The zero-order valence-corrected chi connectivity index (χ0v) is 19.2. The van der Waals surface area contributed by atoms with Crippen molar-refractivity contribution in [2.24, 2.45) is 4.99 Å². The van der Waals surface area contributed by atoms with Crippen LogP contribution in [0.25, 0.3) is 33.4 Å². The third-order valence-electron chi connectivity index (χ3n) is 5.68. The van der Waals surface area contributed by atoms with Gasteiger partial charge in [-0.3, -0.25) is 4.99 Å². The summed E-state index contributed by atoms with van der Waals surface area (Å²) in [5.41, 5.74) is 7.20. The molecule has 1 heterocycles. The number of carbonyl (C=O) groups excluding carboxylic acids is 1. The molecule has 0 atom stereocenters. The molecule has 0 amide bonds. The van der Waals surface area contributed by atoms with E-state index in [0.717, 1.165) is 62.1 Å². The van der Waals surface area contributed by atoms with Gasteiger partial charge in [-0.1, -0.05) is 18.2 Å². The van der Waals surface area contributed by atoms with E-state index in [1.807, 2.05) is 50.2 Å². The molecule has 2 aromatic carbocycles. The maximum Gasteiger partial charge on any atom is 0.338 e. The van der Waals surface area contributed by atoms with Gasteiger partial charge in [-0.25, -0.2) is 4.79 Å². The summed E-state index contributed by atoms with van der Waals surface area (Å²) < 4.78 is 11.7. The standard InChI is InChI=1S/C27H28N2O3/c1-6-29-23-15-25-21(13-17(23)4)26(18-10-8-9-11-19(18)27(30)31-7-2)20-12-16(3)22(28-5)14-24(20)32-25/h8-15,29H,6-7H2,1-5H3. The molecule has 5 nitrogen and oxygen atoms in total. The number of fused-ring (bicyclic) bond motifs is 2. The third kappa shape index (κ3) is 3.75. The van der Waals surface area contributed by atoms with E-state index in [9.17, 15) is 4.79 Å². The lowest BCUT2D eigenvalue weighted by Gasteiger charge is -2.19. The summed E-state index contributed by atoms with van der Waals surface area (Å²) in [6.07, 6.45) is 0. The first-order valence-electron chi connectivity index (χ1n) is 10.9. The maximum absolute atomic E-state index is 12.8. The Morgan fingerprint density at radius 1 is 1.03 bits per heavy atom. The molecule has 1 aliphatic heterocycles. The predicted molar refractivity (Wildman–Crippen MR) is 129 cm³/mol. The summed E-state index contributed by atoms with van der Waals surface area (Å²) in [4.78, 5) is 17.2. The lowest BCUT2D eigenvalue weighted by atomic mass is 9.89. The van der Waals surface area contributed by atoms with E-state index in [0.29, 0.717) is 12.2 Å². The Balaban J connectivity index is 2.16. The molecule has 0 spiro atoms. The van der Waals surface area contributed by atoms with Crippen LogP contribution in [0.2, 0.25) is 0 Å². The van der Waals surface area contributed by atoms with Gasteiger partial charge in [0.25, 0.3) is 0 Å². The number of hydrogen-bond acceptors (Lipinski definition) is 5. The van der Waals surface area contributed by atoms with Gasteiger partial charge in [-0.15, -0.1) is 0 Å². The van der Waals surface area contributed by atoms with E-state index in [1.54, 1.807) is 7.05 Å². The first-order valence-corrected chi connectivity index (χ1v) is 10.9. The summed E-state index contributed by atoms with van der Waals surface area (Å²) in [6.45, 7) is 9.14. The molecule has 0 saturated carbocycles. The van der Waals surface area contributed by atoms with Crippen LogP contribution in [0.5, 0.6) is 0 Å². The Hall–Kier alpha value is -3.60. The smallest absolute Gasteiger partial charge is 0.338 e. The number of rotatable bonds is 5. The number of anilines is 1. The van der Waals surface area contributed by atoms with Crippen LogP contribution in [0, 0.1) is 13.8 Å². The van der Waals surface area contributed by atoms with Crippen LogP contribution < -0.4 is 10.7 Å². The van der Waals surface area contributed by atoms with Crippen molar-refractivity contribution in [3.05, 3.63) is 70.6 Å². The van der Waals surface area contributed by atoms with Crippen LogP contribution in [0.3, 0.4) is 0 Å². The molecule has 2 aromatic rings. The number of ether oxygens (including phenoxy) is 1. The highest BCUT2D eigenvalue weighted by Crippen LogP contribution is 2.42. The minimum atomic E-state index is -0.330. The summed E-state index contributed by atoms with van der Waals surface area (Å²) >= 11 is 0. The van der Waals surface area contributed by atoms with Gasteiger partial charge in [0.1, 0.15) is 11.3 Å². The molecule has 0 aromatic heterocycles. The summed E-state index contributed by atoms with van der Waals surface area (Å²) in [5, 5.41) is 5.23. The Labute approximate surface area is 188 Å². The fourth-order valence-corrected chi connectivity index (χ4v) is 4.19. The number of esters is 1. The van der Waals surface area contributed by atoms with Gasteiger partial charge in [0.15, 0.2) is 0 Å². The van der Waals surface area contributed by atoms with E-state index in [2.05, 4.69) is 36.3 Å². The lowest BCUT2D eigenvalue weighted by molar-refractivity contribution is 0.0527. The molecule has 0 fully saturated rings. The van der Waals surface area contributed by atoms with E-state index >= 15 is 0 Å².